The minimum atomic E-state index is 0.00979. The van der Waals surface area contributed by atoms with E-state index in [0.29, 0.717) is 6.54 Å². The maximum atomic E-state index is 10.6. The number of benzene rings is 1. The number of amides is 1. The maximum absolute atomic E-state index is 10.6. The van der Waals surface area contributed by atoms with Gasteiger partial charge in [-0.1, -0.05) is 43.7 Å². The Balaban J connectivity index is 0.000000791. The van der Waals surface area contributed by atoms with Gasteiger partial charge in [0.05, 0.1) is 0 Å². The normalized spacial score (nSPS) is 8.57. The summed E-state index contributed by atoms with van der Waals surface area (Å²) in [5.74, 6) is 0.00979. The molecule has 1 N–H and O–H groups in total. The fourth-order valence-electron chi connectivity index (χ4n) is 0.932. The molecule has 0 unspecified atom stereocenters. The van der Waals surface area contributed by atoms with Gasteiger partial charge in [-0.2, -0.15) is 0 Å². The highest BCUT2D eigenvalue weighted by Gasteiger charge is 1.92. The molecule has 0 saturated heterocycles. The molecule has 14 heavy (non-hydrogen) atoms. The maximum Gasteiger partial charge on any atom is 0.217 e. The van der Waals surface area contributed by atoms with Crippen molar-refractivity contribution < 1.29 is 4.79 Å². The summed E-state index contributed by atoms with van der Waals surface area (Å²) in [5.41, 5.74) is 2.37. The Morgan fingerprint density at radius 1 is 1.21 bits per heavy atom. The fraction of sp³-hybridized carbons (Fsp3) is 0.417. The zero-order valence-electron chi connectivity index (χ0n) is 9.42. The Morgan fingerprint density at radius 3 is 2.14 bits per heavy atom. The number of rotatable bonds is 2. The molecule has 2 nitrogen and oxygen atoms in total. The molecule has 0 bridgehead atoms. The highest BCUT2D eigenvalue weighted by Crippen LogP contribution is 2.01. The predicted molar refractivity (Wildman–Crippen MR) is 60.0 cm³/mol. The van der Waals surface area contributed by atoms with Crippen molar-refractivity contribution in [3.8, 4) is 0 Å². The van der Waals surface area contributed by atoms with Crippen LogP contribution in [0.3, 0.4) is 0 Å². The molecule has 0 radical (unpaired) electrons. The zero-order chi connectivity index (χ0) is 11.0. The van der Waals surface area contributed by atoms with Crippen molar-refractivity contribution in [3.63, 3.8) is 0 Å². The van der Waals surface area contributed by atoms with E-state index in [1.54, 1.807) is 0 Å². The van der Waals surface area contributed by atoms with E-state index in [9.17, 15) is 4.79 Å². The molecule has 1 rings (SSSR count). The Morgan fingerprint density at radius 2 is 1.71 bits per heavy atom. The Hall–Kier alpha value is -1.31. The first kappa shape index (κ1) is 12.7. The summed E-state index contributed by atoms with van der Waals surface area (Å²) in [7, 11) is 0. The number of nitrogens with one attached hydrogen (secondary N) is 1. The van der Waals surface area contributed by atoms with Crippen molar-refractivity contribution in [3.05, 3.63) is 35.4 Å². The van der Waals surface area contributed by atoms with Crippen LogP contribution in [0.2, 0.25) is 0 Å². The van der Waals surface area contributed by atoms with E-state index < -0.39 is 0 Å². The van der Waals surface area contributed by atoms with Gasteiger partial charge in [-0.3, -0.25) is 4.79 Å². The van der Waals surface area contributed by atoms with Gasteiger partial charge in [0.15, 0.2) is 0 Å². The lowest BCUT2D eigenvalue weighted by Gasteiger charge is -2.01. The lowest BCUT2D eigenvalue weighted by molar-refractivity contribution is -0.119. The SMILES string of the molecule is CC.CC(=O)NCc1ccc(C)cc1. The van der Waals surface area contributed by atoms with Crippen LogP contribution in [0.1, 0.15) is 31.9 Å². The van der Waals surface area contributed by atoms with Crippen LogP contribution in [0.5, 0.6) is 0 Å². The van der Waals surface area contributed by atoms with Gasteiger partial charge in [0, 0.05) is 13.5 Å². The van der Waals surface area contributed by atoms with Gasteiger partial charge in [0.2, 0.25) is 5.91 Å². The van der Waals surface area contributed by atoms with Gasteiger partial charge in [-0.25, -0.2) is 0 Å². The van der Waals surface area contributed by atoms with E-state index in [4.69, 9.17) is 0 Å². The average molecular weight is 193 g/mol. The van der Waals surface area contributed by atoms with Gasteiger partial charge in [-0.15, -0.1) is 0 Å². The third-order valence-electron chi connectivity index (χ3n) is 1.66. The molecular weight excluding hydrogens is 174 g/mol. The van der Waals surface area contributed by atoms with E-state index in [0.717, 1.165) is 5.56 Å². The van der Waals surface area contributed by atoms with Crippen LogP contribution in [0.15, 0.2) is 24.3 Å². The van der Waals surface area contributed by atoms with Crippen molar-refractivity contribution >= 4 is 5.91 Å². The van der Waals surface area contributed by atoms with Crippen LogP contribution < -0.4 is 5.32 Å². The van der Waals surface area contributed by atoms with Crippen molar-refractivity contribution in [1.82, 2.24) is 5.32 Å². The van der Waals surface area contributed by atoms with E-state index >= 15 is 0 Å². The Bertz CT molecular complexity index is 264. The van der Waals surface area contributed by atoms with Gasteiger partial charge in [0.25, 0.3) is 0 Å². The number of hydrogen-bond donors (Lipinski definition) is 1. The minimum absolute atomic E-state index is 0.00979. The molecular formula is C12H19NO. The second-order valence-corrected chi connectivity index (χ2v) is 2.90. The van der Waals surface area contributed by atoms with Crippen LogP contribution in [-0.4, -0.2) is 5.91 Å². The molecule has 0 atom stereocenters. The number of carbonyl (C=O) groups is 1. The molecule has 0 fully saturated rings. The van der Waals surface area contributed by atoms with Gasteiger partial charge < -0.3 is 5.32 Å². The molecule has 0 aliphatic carbocycles. The first-order valence-electron chi connectivity index (χ1n) is 4.98. The smallest absolute Gasteiger partial charge is 0.217 e. The topological polar surface area (TPSA) is 29.1 Å². The van der Waals surface area contributed by atoms with E-state index in [-0.39, 0.29) is 5.91 Å². The second-order valence-electron chi connectivity index (χ2n) is 2.90. The molecule has 78 valence electrons. The first-order chi connectivity index (χ1) is 6.68. The van der Waals surface area contributed by atoms with E-state index in [1.807, 2.05) is 45.0 Å². The highest BCUT2D eigenvalue weighted by molar-refractivity contribution is 5.72. The number of carbonyl (C=O) groups excluding carboxylic acids is 1. The summed E-state index contributed by atoms with van der Waals surface area (Å²) < 4.78 is 0. The van der Waals surface area contributed by atoms with Crippen molar-refractivity contribution in [2.24, 2.45) is 0 Å². The first-order valence-corrected chi connectivity index (χ1v) is 4.98. The minimum Gasteiger partial charge on any atom is -0.352 e. The van der Waals surface area contributed by atoms with Crippen LogP contribution >= 0.6 is 0 Å². The molecule has 0 aliphatic heterocycles. The lowest BCUT2D eigenvalue weighted by atomic mass is 10.1. The third kappa shape index (κ3) is 5.36. The quantitative estimate of drug-likeness (QED) is 0.768. The van der Waals surface area contributed by atoms with Gasteiger partial charge in [-0.05, 0) is 12.5 Å². The average Bonchev–Trinajstić information content (AvgIpc) is 2.20. The van der Waals surface area contributed by atoms with Gasteiger partial charge in [0.1, 0.15) is 0 Å². The predicted octanol–water partition coefficient (Wildman–Crippen LogP) is 2.66. The number of hydrogen-bond acceptors (Lipinski definition) is 1. The Kier molecular flexibility index (Phi) is 6.46. The van der Waals surface area contributed by atoms with Crippen LogP contribution in [0.25, 0.3) is 0 Å². The molecule has 0 saturated carbocycles. The van der Waals surface area contributed by atoms with Crippen LogP contribution in [-0.2, 0) is 11.3 Å². The highest BCUT2D eigenvalue weighted by atomic mass is 16.1. The molecule has 0 aliphatic rings. The van der Waals surface area contributed by atoms with E-state index in [1.165, 1.54) is 12.5 Å². The summed E-state index contributed by atoms with van der Waals surface area (Å²) in [5, 5.41) is 2.74. The van der Waals surface area contributed by atoms with Crippen molar-refractivity contribution in [1.29, 1.82) is 0 Å². The standard InChI is InChI=1S/C10H13NO.C2H6/c1-8-3-5-10(6-4-8)7-11-9(2)12;1-2/h3-6H,7H2,1-2H3,(H,11,12);1-2H3. The lowest BCUT2D eigenvalue weighted by Crippen LogP contribution is -2.18. The monoisotopic (exact) mass is 193 g/mol. The molecule has 2 heteroatoms. The van der Waals surface area contributed by atoms with Crippen LogP contribution in [0.4, 0.5) is 0 Å². The van der Waals surface area contributed by atoms with Crippen molar-refractivity contribution in [2.75, 3.05) is 0 Å². The molecule has 0 aromatic heterocycles. The summed E-state index contributed by atoms with van der Waals surface area (Å²) in [4.78, 5) is 10.6. The largest absolute Gasteiger partial charge is 0.352 e. The zero-order valence-corrected chi connectivity index (χ0v) is 9.42. The second kappa shape index (κ2) is 7.13. The van der Waals surface area contributed by atoms with E-state index in [2.05, 4.69) is 5.32 Å². The fourth-order valence-corrected chi connectivity index (χ4v) is 0.932. The summed E-state index contributed by atoms with van der Waals surface area (Å²) in [6.07, 6.45) is 0. The van der Waals surface area contributed by atoms with Gasteiger partial charge >= 0.3 is 0 Å². The van der Waals surface area contributed by atoms with Crippen LogP contribution in [0, 0.1) is 6.92 Å². The third-order valence-corrected chi connectivity index (χ3v) is 1.66. The summed E-state index contributed by atoms with van der Waals surface area (Å²) in [6.45, 7) is 8.19. The van der Waals surface area contributed by atoms with Crippen molar-refractivity contribution in [2.45, 2.75) is 34.2 Å². The number of aryl methyl sites for hydroxylation is 1. The summed E-state index contributed by atoms with van der Waals surface area (Å²) >= 11 is 0. The molecule has 1 amide bonds. The summed E-state index contributed by atoms with van der Waals surface area (Å²) in [6, 6.07) is 8.12. The molecule has 1 aromatic rings. The Labute approximate surface area is 86.3 Å². The molecule has 1 aromatic carbocycles. The molecule has 0 spiro atoms. The molecule has 0 heterocycles.